The molecular formula is C5H12N4O2. The van der Waals surface area contributed by atoms with Gasteiger partial charge in [-0.25, -0.2) is 4.79 Å². The highest BCUT2D eigenvalue weighted by Crippen LogP contribution is 1.65. The van der Waals surface area contributed by atoms with Crippen molar-refractivity contribution in [3.8, 4) is 0 Å². The number of nitrogens with two attached hydrogens (primary N) is 1. The van der Waals surface area contributed by atoms with Crippen LogP contribution in [0.1, 0.15) is 6.92 Å². The third-order valence-corrected chi connectivity index (χ3v) is 0.896. The summed E-state index contributed by atoms with van der Waals surface area (Å²) in [6.07, 6.45) is 0. The lowest BCUT2D eigenvalue weighted by molar-refractivity contribution is 0.242. The molecule has 6 heteroatoms. The Morgan fingerprint density at radius 1 is 1.64 bits per heavy atom. The molecule has 0 saturated heterocycles. The van der Waals surface area contributed by atoms with Gasteiger partial charge >= 0.3 is 6.03 Å². The van der Waals surface area contributed by atoms with Crippen molar-refractivity contribution in [1.29, 1.82) is 0 Å². The highest BCUT2D eigenvalue weighted by Gasteiger charge is 1.97. The number of nitrogens with one attached hydrogen (secondary N) is 2. The highest BCUT2D eigenvalue weighted by atomic mass is 16.4. The molecule has 0 heterocycles. The molecule has 0 aromatic carbocycles. The first-order valence-electron chi connectivity index (χ1n) is 3.18. The fourth-order valence-corrected chi connectivity index (χ4v) is 0.429. The van der Waals surface area contributed by atoms with Crippen LogP contribution in [0, 0.1) is 0 Å². The number of urea groups is 1. The van der Waals surface area contributed by atoms with Gasteiger partial charge in [0.05, 0.1) is 6.54 Å². The predicted octanol–water partition coefficient (Wildman–Crippen LogP) is -0.948. The van der Waals surface area contributed by atoms with E-state index in [9.17, 15) is 4.79 Å². The fraction of sp³-hybridized carbons (Fsp3) is 0.600. The summed E-state index contributed by atoms with van der Waals surface area (Å²) in [4.78, 5) is 10.6. The number of rotatable bonds is 3. The van der Waals surface area contributed by atoms with Gasteiger partial charge in [-0.1, -0.05) is 5.16 Å². The van der Waals surface area contributed by atoms with Gasteiger partial charge in [0.2, 0.25) is 0 Å². The zero-order valence-corrected chi connectivity index (χ0v) is 6.29. The molecule has 0 bridgehead atoms. The zero-order valence-electron chi connectivity index (χ0n) is 6.29. The van der Waals surface area contributed by atoms with E-state index in [0.29, 0.717) is 6.54 Å². The lowest BCUT2D eigenvalue weighted by atomic mass is 10.6. The van der Waals surface area contributed by atoms with E-state index in [1.165, 1.54) is 0 Å². The van der Waals surface area contributed by atoms with Crippen LogP contribution in [0.3, 0.4) is 0 Å². The summed E-state index contributed by atoms with van der Waals surface area (Å²) >= 11 is 0. The molecule has 6 nitrogen and oxygen atoms in total. The molecule has 0 aromatic heterocycles. The topological polar surface area (TPSA) is 99.7 Å². The number of amides is 2. The van der Waals surface area contributed by atoms with Gasteiger partial charge in [-0.2, -0.15) is 0 Å². The summed E-state index contributed by atoms with van der Waals surface area (Å²) < 4.78 is 0. The minimum Gasteiger partial charge on any atom is -0.409 e. The molecule has 0 spiro atoms. The predicted molar refractivity (Wildman–Crippen MR) is 40.5 cm³/mol. The maximum atomic E-state index is 10.6. The standard InChI is InChI=1S/C5H12N4O2/c1-2-7-5(10)8-3-4(6)9-11/h11H,2-3H2,1H3,(H2,6,9)(H2,7,8,10). The van der Waals surface area contributed by atoms with Crippen molar-refractivity contribution in [3.05, 3.63) is 0 Å². The van der Waals surface area contributed by atoms with E-state index in [1.54, 1.807) is 6.92 Å². The smallest absolute Gasteiger partial charge is 0.315 e. The van der Waals surface area contributed by atoms with E-state index < -0.39 is 0 Å². The SMILES string of the molecule is CCNC(=O)NC/C(N)=N/O. The molecule has 0 aromatic rings. The minimum atomic E-state index is -0.334. The van der Waals surface area contributed by atoms with Crippen LogP contribution >= 0.6 is 0 Å². The summed E-state index contributed by atoms with van der Waals surface area (Å²) in [6, 6.07) is -0.334. The van der Waals surface area contributed by atoms with Crippen LogP contribution in [-0.2, 0) is 0 Å². The Morgan fingerprint density at radius 3 is 2.73 bits per heavy atom. The van der Waals surface area contributed by atoms with Crippen molar-refractivity contribution >= 4 is 11.9 Å². The Kier molecular flexibility index (Phi) is 4.63. The van der Waals surface area contributed by atoms with Gasteiger partial charge in [-0.15, -0.1) is 0 Å². The summed E-state index contributed by atoms with van der Waals surface area (Å²) in [5.74, 6) is -0.0312. The van der Waals surface area contributed by atoms with E-state index in [1.807, 2.05) is 0 Å². The van der Waals surface area contributed by atoms with Crippen molar-refractivity contribution in [2.45, 2.75) is 6.92 Å². The van der Waals surface area contributed by atoms with E-state index in [4.69, 9.17) is 10.9 Å². The number of hydrogen-bond donors (Lipinski definition) is 4. The summed E-state index contributed by atoms with van der Waals surface area (Å²) in [5.41, 5.74) is 5.07. The second kappa shape index (κ2) is 5.33. The van der Waals surface area contributed by atoms with Gasteiger partial charge < -0.3 is 21.6 Å². The Bertz CT molecular complexity index is 157. The molecule has 0 aliphatic heterocycles. The highest BCUT2D eigenvalue weighted by molar-refractivity contribution is 5.86. The first kappa shape index (κ1) is 9.54. The largest absolute Gasteiger partial charge is 0.409 e. The minimum absolute atomic E-state index is 0.0312. The molecule has 5 N–H and O–H groups in total. The second-order valence-electron chi connectivity index (χ2n) is 1.80. The molecule has 0 saturated carbocycles. The lowest BCUT2D eigenvalue weighted by Crippen LogP contribution is -2.40. The second-order valence-corrected chi connectivity index (χ2v) is 1.80. The van der Waals surface area contributed by atoms with Gasteiger partial charge in [0.15, 0.2) is 5.84 Å². The number of carbonyl (C=O) groups is 1. The first-order chi connectivity index (χ1) is 5.20. The van der Waals surface area contributed by atoms with Gasteiger partial charge in [0, 0.05) is 6.54 Å². The van der Waals surface area contributed by atoms with Crippen molar-refractivity contribution < 1.29 is 10.0 Å². The molecule has 0 atom stereocenters. The molecule has 11 heavy (non-hydrogen) atoms. The maximum Gasteiger partial charge on any atom is 0.315 e. The van der Waals surface area contributed by atoms with E-state index >= 15 is 0 Å². The van der Waals surface area contributed by atoms with Crippen LogP contribution in [0.15, 0.2) is 5.16 Å². The number of amidine groups is 1. The van der Waals surface area contributed by atoms with Crippen molar-refractivity contribution in [2.75, 3.05) is 13.1 Å². The monoisotopic (exact) mass is 160 g/mol. The van der Waals surface area contributed by atoms with Crippen LogP contribution in [0.5, 0.6) is 0 Å². The van der Waals surface area contributed by atoms with E-state index in [2.05, 4.69) is 15.8 Å². The Hall–Kier alpha value is -1.46. The Morgan fingerprint density at radius 2 is 2.27 bits per heavy atom. The maximum absolute atomic E-state index is 10.6. The summed E-state index contributed by atoms with van der Waals surface area (Å²) in [7, 11) is 0. The van der Waals surface area contributed by atoms with Crippen LogP contribution < -0.4 is 16.4 Å². The molecule has 0 rings (SSSR count). The molecule has 0 aliphatic carbocycles. The third-order valence-electron chi connectivity index (χ3n) is 0.896. The molecule has 0 unspecified atom stereocenters. The zero-order chi connectivity index (χ0) is 8.69. The molecule has 2 amide bonds. The summed E-state index contributed by atoms with van der Waals surface area (Å²) in [5, 5.41) is 15.6. The number of carbonyl (C=O) groups excluding carboxylic acids is 1. The number of hydrogen-bond acceptors (Lipinski definition) is 3. The van der Waals surface area contributed by atoms with Crippen molar-refractivity contribution in [1.82, 2.24) is 10.6 Å². The van der Waals surface area contributed by atoms with Crippen molar-refractivity contribution in [3.63, 3.8) is 0 Å². The molecule has 0 aliphatic rings. The van der Waals surface area contributed by atoms with Crippen LogP contribution in [-0.4, -0.2) is 30.2 Å². The molecule has 0 radical (unpaired) electrons. The van der Waals surface area contributed by atoms with Gasteiger partial charge in [0.1, 0.15) is 0 Å². The van der Waals surface area contributed by atoms with Crippen LogP contribution in [0.2, 0.25) is 0 Å². The third kappa shape index (κ3) is 5.01. The average Bonchev–Trinajstić information content (AvgIpc) is 2.01. The first-order valence-corrected chi connectivity index (χ1v) is 3.18. The Balaban J connectivity index is 3.46. The van der Waals surface area contributed by atoms with Gasteiger partial charge in [-0.05, 0) is 6.92 Å². The van der Waals surface area contributed by atoms with E-state index in [-0.39, 0.29) is 18.4 Å². The molecular weight excluding hydrogens is 148 g/mol. The summed E-state index contributed by atoms with van der Waals surface area (Å²) in [6.45, 7) is 2.38. The fourth-order valence-electron chi connectivity index (χ4n) is 0.429. The quantitative estimate of drug-likeness (QED) is 0.185. The van der Waals surface area contributed by atoms with Crippen molar-refractivity contribution in [2.24, 2.45) is 10.9 Å². The van der Waals surface area contributed by atoms with E-state index in [0.717, 1.165) is 0 Å². The Labute approximate surface area is 64.4 Å². The lowest BCUT2D eigenvalue weighted by Gasteiger charge is -2.03. The van der Waals surface area contributed by atoms with Crippen LogP contribution in [0.25, 0.3) is 0 Å². The van der Waals surface area contributed by atoms with Gasteiger partial charge in [-0.3, -0.25) is 0 Å². The molecule has 0 fully saturated rings. The number of oxime groups is 1. The normalized spacial score (nSPS) is 10.8. The van der Waals surface area contributed by atoms with Gasteiger partial charge in [0.25, 0.3) is 0 Å². The molecule has 64 valence electrons. The number of nitrogens with zero attached hydrogens (tertiary/aromatic N) is 1. The average molecular weight is 160 g/mol. The van der Waals surface area contributed by atoms with Crippen LogP contribution in [0.4, 0.5) is 4.79 Å².